The first-order valence-electron chi connectivity index (χ1n) is 6.18. The van der Waals surface area contributed by atoms with E-state index in [0.29, 0.717) is 18.3 Å². The molecule has 0 fully saturated rings. The Morgan fingerprint density at radius 2 is 1.32 bits per heavy atom. The summed E-state index contributed by atoms with van der Waals surface area (Å²) in [6.07, 6.45) is 0.671. The lowest BCUT2D eigenvalue weighted by molar-refractivity contribution is -0.305. The molecule has 6 nitrogen and oxygen atoms in total. The van der Waals surface area contributed by atoms with Crippen molar-refractivity contribution >= 4 is 11.9 Å². The molecule has 0 aliphatic rings. The standard InChI is InChI=1S/C5H12.2C4H8O3/c1-5(2,3)4;2*5-3-1-2-4(6)7/h1-4H3;2*5H,1-3H2,(H,6,7). The van der Waals surface area contributed by atoms with Crippen LogP contribution in [0.15, 0.2) is 0 Å². The Labute approximate surface area is 116 Å². The van der Waals surface area contributed by atoms with E-state index < -0.39 is 11.9 Å². The maximum atomic E-state index is 9.65. The average Bonchev–Trinajstić information content (AvgIpc) is 2.22. The van der Waals surface area contributed by atoms with Crippen molar-refractivity contribution in [3.63, 3.8) is 0 Å². The van der Waals surface area contributed by atoms with Gasteiger partial charge in [-0.1, -0.05) is 27.7 Å². The van der Waals surface area contributed by atoms with Crippen molar-refractivity contribution < 1.29 is 31.4 Å². The van der Waals surface area contributed by atoms with Crippen LogP contribution >= 0.6 is 0 Å². The van der Waals surface area contributed by atoms with E-state index >= 15 is 0 Å². The van der Waals surface area contributed by atoms with Crippen molar-refractivity contribution in [1.29, 1.82) is 0 Å². The van der Waals surface area contributed by atoms with E-state index in [1.54, 1.807) is 0 Å². The van der Waals surface area contributed by atoms with Crippen molar-refractivity contribution in [2.75, 3.05) is 13.2 Å². The first kappa shape index (κ1) is 23.0. The smallest absolute Gasteiger partial charge is 0.550 e. The molecule has 0 radical (unpaired) electrons. The van der Waals surface area contributed by atoms with E-state index in [1.165, 1.54) is 0 Å². The number of carbonyl (C=O) groups is 2. The number of carbonyl (C=O) groups excluding carboxylic acids is 1. The Hall–Kier alpha value is -1.14. The molecule has 0 rings (SSSR count). The van der Waals surface area contributed by atoms with Gasteiger partial charge in [-0.3, -0.25) is 4.79 Å². The molecule has 6 heteroatoms. The van der Waals surface area contributed by atoms with Crippen LogP contribution in [-0.2, 0) is 9.59 Å². The van der Waals surface area contributed by atoms with Gasteiger partial charge in [-0.25, -0.2) is 0 Å². The van der Waals surface area contributed by atoms with Crippen LogP contribution in [0.3, 0.4) is 0 Å². The Kier molecular flexibility index (Phi) is 18.1. The maximum Gasteiger partial charge on any atom is 1.00 e. The normalized spacial score (nSPS) is 9.58. The fourth-order valence-electron chi connectivity index (χ4n) is 0.454. The highest BCUT2D eigenvalue weighted by Crippen LogP contribution is 2.08. The van der Waals surface area contributed by atoms with Gasteiger partial charge in [0.2, 0.25) is 0 Å². The van der Waals surface area contributed by atoms with Gasteiger partial charge in [0.25, 0.3) is 0 Å². The minimum Gasteiger partial charge on any atom is -0.550 e. The number of carboxylic acids is 2. The van der Waals surface area contributed by atoms with Gasteiger partial charge in [0, 0.05) is 25.6 Å². The molecule has 0 spiro atoms. The van der Waals surface area contributed by atoms with E-state index in [-0.39, 0.29) is 27.5 Å². The molecule has 0 saturated carbocycles. The molecule has 0 aromatic carbocycles. The summed E-state index contributed by atoms with van der Waals surface area (Å²) in [6, 6.07) is 0. The number of aliphatic hydroxyl groups is 2. The summed E-state index contributed by atoms with van der Waals surface area (Å²) in [5.41, 5.74) is 0.500. The molecule has 3 N–H and O–H groups in total. The fourth-order valence-corrected chi connectivity index (χ4v) is 0.454. The van der Waals surface area contributed by atoms with Gasteiger partial charge in [0.1, 0.15) is 0 Å². The average molecular weight is 280 g/mol. The van der Waals surface area contributed by atoms with E-state index in [2.05, 4.69) is 27.7 Å². The summed E-state index contributed by atoms with van der Waals surface area (Å²) in [5, 5.41) is 33.5. The lowest BCUT2D eigenvalue weighted by Gasteiger charge is -2.05. The molecule has 0 unspecified atom stereocenters. The first-order chi connectivity index (χ1) is 8.54. The highest BCUT2D eigenvalue weighted by molar-refractivity contribution is 5.66. The van der Waals surface area contributed by atoms with Crippen molar-refractivity contribution in [2.24, 2.45) is 5.41 Å². The number of carboxylic acid groups (broad SMARTS) is 2. The molecule has 0 aliphatic heterocycles. The third kappa shape index (κ3) is 79.1. The third-order valence-electron chi connectivity index (χ3n) is 1.09. The van der Waals surface area contributed by atoms with Gasteiger partial charge in [-0.15, -0.1) is 0 Å². The highest BCUT2D eigenvalue weighted by atomic mass is 16.4. The predicted octanol–water partition coefficient (Wildman–Crippen LogP) is 0.517. The van der Waals surface area contributed by atoms with Crippen LogP contribution in [0.4, 0.5) is 0 Å². The molecule has 0 saturated heterocycles. The van der Waals surface area contributed by atoms with E-state index in [4.69, 9.17) is 15.3 Å². The van der Waals surface area contributed by atoms with Crippen molar-refractivity contribution in [2.45, 2.75) is 53.4 Å². The van der Waals surface area contributed by atoms with Gasteiger partial charge >= 0.3 is 7.40 Å². The van der Waals surface area contributed by atoms with Crippen molar-refractivity contribution in [1.82, 2.24) is 0 Å². The molecule has 0 aliphatic carbocycles. The second-order valence-electron chi connectivity index (χ2n) is 5.42. The SMILES string of the molecule is CC(C)(C)C.O=C(O)CCCO.O=C([O-])CCCO.[H+]. The Bertz CT molecular complexity index is 201. The van der Waals surface area contributed by atoms with Crippen LogP contribution in [0.25, 0.3) is 0 Å². The number of hydrogen-bond donors (Lipinski definition) is 3. The van der Waals surface area contributed by atoms with Crippen LogP contribution in [0.2, 0.25) is 0 Å². The van der Waals surface area contributed by atoms with Crippen molar-refractivity contribution in [3.8, 4) is 0 Å². The molecular formula is C13H28O6. The number of aliphatic carboxylic acids is 2. The fraction of sp³-hybridized carbons (Fsp3) is 0.846. The van der Waals surface area contributed by atoms with E-state index in [9.17, 15) is 14.7 Å². The van der Waals surface area contributed by atoms with E-state index in [1.807, 2.05) is 0 Å². The lowest BCUT2D eigenvalue weighted by atomic mass is 10.0. The number of rotatable bonds is 6. The predicted molar refractivity (Wildman–Crippen MR) is 71.5 cm³/mol. The molecular weight excluding hydrogens is 252 g/mol. The molecule has 0 heterocycles. The lowest BCUT2D eigenvalue weighted by Crippen LogP contribution is -2.21. The van der Waals surface area contributed by atoms with Gasteiger partial charge in [0.15, 0.2) is 0 Å². The Morgan fingerprint density at radius 3 is 1.42 bits per heavy atom. The third-order valence-corrected chi connectivity index (χ3v) is 1.09. The molecule has 0 amide bonds. The summed E-state index contributed by atoms with van der Waals surface area (Å²) >= 11 is 0. The summed E-state index contributed by atoms with van der Waals surface area (Å²) in [7, 11) is 0. The zero-order valence-electron chi connectivity index (χ0n) is 13.3. The zero-order chi connectivity index (χ0) is 15.9. The molecule has 19 heavy (non-hydrogen) atoms. The first-order valence-corrected chi connectivity index (χ1v) is 6.18. The van der Waals surface area contributed by atoms with Gasteiger partial charge in [0.05, 0.1) is 0 Å². The molecule has 116 valence electrons. The summed E-state index contributed by atoms with van der Waals surface area (Å²) in [5.74, 6) is -1.96. The largest absolute Gasteiger partial charge is 1.00 e. The van der Waals surface area contributed by atoms with Gasteiger partial charge < -0.3 is 25.2 Å². The Morgan fingerprint density at radius 1 is 1.00 bits per heavy atom. The second-order valence-corrected chi connectivity index (χ2v) is 5.42. The van der Waals surface area contributed by atoms with Crippen LogP contribution in [0.5, 0.6) is 0 Å². The van der Waals surface area contributed by atoms with E-state index in [0.717, 1.165) is 0 Å². The zero-order valence-corrected chi connectivity index (χ0v) is 12.3. The minimum absolute atomic E-state index is 0. The van der Waals surface area contributed by atoms with Crippen LogP contribution in [0.1, 0.15) is 54.8 Å². The van der Waals surface area contributed by atoms with Gasteiger partial charge in [-0.05, 0) is 24.7 Å². The molecule has 0 atom stereocenters. The number of hydrogen-bond acceptors (Lipinski definition) is 5. The molecule has 0 aromatic rings. The summed E-state index contributed by atoms with van der Waals surface area (Å²) < 4.78 is 0. The Balaban J connectivity index is -0.0000000952. The summed E-state index contributed by atoms with van der Waals surface area (Å²) in [6.45, 7) is 8.64. The number of aliphatic hydroxyl groups excluding tert-OH is 2. The monoisotopic (exact) mass is 280 g/mol. The van der Waals surface area contributed by atoms with Crippen LogP contribution in [-0.4, -0.2) is 40.5 Å². The second kappa shape index (κ2) is 14.9. The van der Waals surface area contributed by atoms with Crippen LogP contribution < -0.4 is 5.11 Å². The minimum atomic E-state index is -1.10. The van der Waals surface area contributed by atoms with Crippen LogP contribution in [0, 0.1) is 5.41 Å². The van der Waals surface area contributed by atoms with Crippen molar-refractivity contribution in [3.05, 3.63) is 0 Å². The molecule has 0 aromatic heterocycles. The van der Waals surface area contributed by atoms with Gasteiger partial charge in [-0.2, -0.15) is 0 Å². The molecule has 0 bridgehead atoms. The highest BCUT2D eigenvalue weighted by Gasteiger charge is 1.95. The summed E-state index contributed by atoms with van der Waals surface area (Å²) in [4.78, 5) is 19.2. The maximum absolute atomic E-state index is 9.65. The topological polar surface area (TPSA) is 118 Å². The quantitative estimate of drug-likeness (QED) is 0.652.